The predicted molar refractivity (Wildman–Crippen MR) is 66.0 cm³/mol. The molecule has 0 radical (unpaired) electrons. The summed E-state index contributed by atoms with van der Waals surface area (Å²) in [4.78, 5) is 3.82. The van der Waals surface area contributed by atoms with Crippen molar-refractivity contribution < 1.29 is 14.2 Å². The summed E-state index contributed by atoms with van der Waals surface area (Å²) in [7, 11) is 0. The summed E-state index contributed by atoms with van der Waals surface area (Å²) in [6.45, 7) is 1.68. The number of benzene rings is 1. The third kappa shape index (κ3) is 2.65. The van der Waals surface area contributed by atoms with Crippen molar-refractivity contribution in [2.75, 3.05) is 0 Å². The van der Waals surface area contributed by atoms with Crippen molar-refractivity contribution in [3.8, 4) is 11.6 Å². The van der Waals surface area contributed by atoms with Crippen LogP contribution >= 0.6 is 0 Å². The average molecular weight is 247 g/mol. The van der Waals surface area contributed by atoms with Gasteiger partial charge in [-0.25, -0.2) is 9.37 Å². The van der Waals surface area contributed by atoms with Gasteiger partial charge in [0.2, 0.25) is 0 Å². The molecule has 4 heteroatoms. The molecule has 0 aliphatic heterocycles. The van der Waals surface area contributed by atoms with Gasteiger partial charge < -0.3 is 9.84 Å². The van der Waals surface area contributed by atoms with E-state index in [1.54, 1.807) is 12.1 Å². The van der Waals surface area contributed by atoms with Gasteiger partial charge in [-0.15, -0.1) is 0 Å². The lowest BCUT2D eigenvalue weighted by atomic mass is 10.2. The summed E-state index contributed by atoms with van der Waals surface area (Å²) >= 11 is 0. The number of aryl methyl sites for hydroxylation is 1. The second-order valence-electron chi connectivity index (χ2n) is 3.85. The molecule has 0 aliphatic rings. The normalized spacial score (nSPS) is 10.4. The highest BCUT2D eigenvalue weighted by molar-refractivity contribution is 5.32. The van der Waals surface area contributed by atoms with Crippen LogP contribution in [-0.4, -0.2) is 10.1 Å². The van der Waals surface area contributed by atoms with Crippen LogP contribution in [0.1, 0.15) is 18.1 Å². The third-order valence-corrected chi connectivity index (χ3v) is 2.65. The molecular formula is C14H14FNO2. The van der Waals surface area contributed by atoms with E-state index in [-0.39, 0.29) is 18.1 Å². The molecule has 0 aliphatic carbocycles. The van der Waals surface area contributed by atoms with Crippen molar-refractivity contribution in [1.29, 1.82) is 0 Å². The molecule has 0 spiro atoms. The maximum atomic E-state index is 13.8. The molecule has 1 N–H and O–H groups in total. The first kappa shape index (κ1) is 12.5. The Morgan fingerprint density at radius 1 is 1.22 bits per heavy atom. The average Bonchev–Trinajstić information content (AvgIpc) is 2.42. The molecule has 1 aromatic carbocycles. The Labute approximate surface area is 105 Å². The zero-order chi connectivity index (χ0) is 13.0. The molecular weight excluding hydrogens is 233 g/mol. The molecule has 18 heavy (non-hydrogen) atoms. The lowest BCUT2D eigenvalue weighted by Crippen LogP contribution is -1.97. The quantitative estimate of drug-likeness (QED) is 0.902. The lowest BCUT2D eigenvalue weighted by molar-refractivity contribution is 0.273. The van der Waals surface area contributed by atoms with E-state index in [1.165, 1.54) is 17.8 Å². The summed E-state index contributed by atoms with van der Waals surface area (Å²) in [5, 5.41) is 8.95. The second-order valence-corrected chi connectivity index (χ2v) is 3.85. The summed E-state index contributed by atoms with van der Waals surface area (Å²) < 4.78 is 19.1. The van der Waals surface area contributed by atoms with E-state index in [2.05, 4.69) is 11.9 Å². The van der Waals surface area contributed by atoms with E-state index >= 15 is 0 Å². The van der Waals surface area contributed by atoms with Gasteiger partial charge in [0.1, 0.15) is 5.75 Å². The summed E-state index contributed by atoms with van der Waals surface area (Å²) in [5.74, 6) is -0.223. The standard InChI is InChI=1S/C14H14FNO2/c1-2-10-3-5-12(6-4-10)18-14-13(15)11(9-17)7-8-16-14/h3-8,17H,2,9H2,1H3. The largest absolute Gasteiger partial charge is 0.436 e. The molecule has 1 heterocycles. The molecule has 0 amide bonds. The van der Waals surface area contributed by atoms with Crippen LogP contribution in [0.5, 0.6) is 11.6 Å². The highest BCUT2D eigenvalue weighted by atomic mass is 19.1. The van der Waals surface area contributed by atoms with Crippen molar-refractivity contribution in [1.82, 2.24) is 4.98 Å². The Kier molecular flexibility index (Phi) is 3.89. The Hall–Kier alpha value is -1.94. The van der Waals surface area contributed by atoms with E-state index < -0.39 is 5.82 Å². The molecule has 0 fully saturated rings. The van der Waals surface area contributed by atoms with Crippen LogP contribution in [0.4, 0.5) is 4.39 Å². The first-order valence-corrected chi connectivity index (χ1v) is 5.75. The van der Waals surface area contributed by atoms with Crippen LogP contribution in [0.25, 0.3) is 0 Å². The minimum Gasteiger partial charge on any atom is -0.436 e. The number of aliphatic hydroxyl groups is 1. The highest BCUT2D eigenvalue weighted by Gasteiger charge is 2.10. The van der Waals surface area contributed by atoms with Gasteiger partial charge in [-0.1, -0.05) is 19.1 Å². The van der Waals surface area contributed by atoms with Crippen LogP contribution < -0.4 is 4.74 Å². The number of aromatic nitrogens is 1. The van der Waals surface area contributed by atoms with E-state index in [0.717, 1.165) is 6.42 Å². The number of rotatable bonds is 4. The number of pyridine rings is 1. The van der Waals surface area contributed by atoms with Crippen molar-refractivity contribution in [3.63, 3.8) is 0 Å². The van der Waals surface area contributed by atoms with Gasteiger partial charge in [0, 0.05) is 11.8 Å². The first-order chi connectivity index (χ1) is 8.74. The number of hydrogen-bond donors (Lipinski definition) is 1. The summed E-state index contributed by atoms with van der Waals surface area (Å²) in [6, 6.07) is 8.80. The lowest BCUT2D eigenvalue weighted by Gasteiger charge is -2.08. The first-order valence-electron chi connectivity index (χ1n) is 5.75. The molecule has 1 aromatic heterocycles. The molecule has 0 saturated heterocycles. The smallest absolute Gasteiger partial charge is 0.256 e. The molecule has 3 nitrogen and oxygen atoms in total. The Balaban J connectivity index is 2.22. The zero-order valence-corrected chi connectivity index (χ0v) is 10.1. The van der Waals surface area contributed by atoms with E-state index in [9.17, 15) is 4.39 Å². The topological polar surface area (TPSA) is 42.4 Å². The highest BCUT2D eigenvalue weighted by Crippen LogP contribution is 2.24. The zero-order valence-electron chi connectivity index (χ0n) is 10.1. The van der Waals surface area contributed by atoms with Gasteiger partial charge in [0.05, 0.1) is 6.61 Å². The number of halogens is 1. The van der Waals surface area contributed by atoms with Gasteiger partial charge in [-0.2, -0.15) is 0 Å². The fraction of sp³-hybridized carbons (Fsp3) is 0.214. The van der Waals surface area contributed by atoms with Gasteiger partial charge in [0.15, 0.2) is 5.82 Å². The summed E-state index contributed by atoms with van der Waals surface area (Å²) in [6.07, 6.45) is 2.34. The van der Waals surface area contributed by atoms with Crippen molar-refractivity contribution >= 4 is 0 Å². The Bertz CT molecular complexity index is 526. The minimum atomic E-state index is -0.625. The molecule has 94 valence electrons. The maximum absolute atomic E-state index is 13.8. The van der Waals surface area contributed by atoms with Crippen LogP contribution in [0.2, 0.25) is 0 Å². The molecule has 2 aromatic rings. The Morgan fingerprint density at radius 2 is 1.94 bits per heavy atom. The van der Waals surface area contributed by atoms with Gasteiger partial charge in [-0.05, 0) is 30.2 Å². The maximum Gasteiger partial charge on any atom is 0.256 e. The number of ether oxygens (including phenoxy) is 1. The van der Waals surface area contributed by atoms with Crippen LogP contribution in [-0.2, 0) is 13.0 Å². The van der Waals surface area contributed by atoms with Gasteiger partial charge in [0.25, 0.3) is 5.88 Å². The Morgan fingerprint density at radius 3 is 2.56 bits per heavy atom. The fourth-order valence-corrected chi connectivity index (χ4v) is 1.56. The molecule has 0 bridgehead atoms. The van der Waals surface area contributed by atoms with Crippen LogP contribution in [0.15, 0.2) is 36.5 Å². The van der Waals surface area contributed by atoms with Crippen molar-refractivity contribution in [2.45, 2.75) is 20.0 Å². The molecule has 2 rings (SSSR count). The van der Waals surface area contributed by atoms with Crippen molar-refractivity contribution in [2.24, 2.45) is 0 Å². The van der Waals surface area contributed by atoms with Crippen LogP contribution in [0, 0.1) is 5.82 Å². The minimum absolute atomic E-state index is 0.120. The van der Waals surface area contributed by atoms with Crippen LogP contribution in [0.3, 0.4) is 0 Å². The van der Waals surface area contributed by atoms with E-state index in [0.29, 0.717) is 5.75 Å². The van der Waals surface area contributed by atoms with Gasteiger partial charge >= 0.3 is 0 Å². The molecule has 0 unspecified atom stereocenters. The third-order valence-electron chi connectivity index (χ3n) is 2.65. The van der Waals surface area contributed by atoms with Crippen molar-refractivity contribution in [3.05, 3.63) is 53.5 Å². The van der Waals surface area contributed by atoms with Gasteiger partial charge in [-0.3, -0.25) is 0 Å². The number of nitrogens with zero attached hydrogens (tertiary/aromatic N) is 1. The number of hydrogen-bond acceptors (Lipinski definition) is 3. The number of aliphatic hydroxyl groups excluding tert-OH is 1. The molecule has 0 atom stereocenters. The van der Waals surface area contributed by atoms with E-state index in [4.69, 9.17) is 9.84 Å². The monoisotopic (exact) mass is 247 g/mol. The predicted octanol–water partition coefficient (Wildman–Crippen LogP) is 3.07. The second kappa shape index (κ2) is 5.60. The summed E-state index contributed by atoms with van der Waals surface area (Å²) in [5.41, 5.74) is 1.35. The fourth-order valence-electron chi connectivity index (χ4n) is 1.56. The molecule has 0 saturated carbocycles. The van der Waals surface area contributed by atoms with E-state index in [1.807, 2.05) is 12.1 Å². The SMILES string of the molecule is CCc1ccc(Oc2nccc(CO)c2F)cc1.